The molecule has 0 spiro atoms. The molecule has 17 heavy (non-hydrogen) atoms. The molecule has 1 aliphatic heterocycles. The van der Waals surface area contributed by atoms with Gasteiger partial charge in [-0.2, -0.15) is 0 Å². The normalized spacial score (nSPS) is 29.1. The number of hydrogen-bond acceptors (Lipinski definition) is 2. The minimum atomic E-state index is 0.206. The van der Waals surface area contributed by atoms with Crippen molar-refractivity contribution in [1.29, 1.82) is 0 Å². The van der Waals surface area contributed by atoms with Crippen LogP contribution in [0.1, 0.15) is 65.2 Å². The van der Waals surface area contributed by atoms with Crippen molar-refractivity contribution in [2.24, 2.45) is 5.41 Å². The SMILES string of the molecule is CC1(C)CCCN1CC1(CO)CCCCCC1. The number of nitrogens with zero attached hydrogens (tertiary/aromatic N) is 1. The molecule has 1 aliphatic carbocycles. The summed E-state index contributed by atoms with van der Waals surface area (Å²) in [6.45, 7) is 7.47. The van der Waals surface area contributed by atoms with E-state index < -0.39 is 0 Å². The second kappa shape index (κ2) is 5.27. The van der Waals surface area contributed by atoms with Gasteiger partial charge in [0.2, 0.25) is 0 Å². The Bertz CT molecular complexity index is 241. The maximum atomic E-state index is 9.87. The lowest BCUT2D eigenvalue weighted by Gasteiger charge is -2.40. The predicted molar refractivity (Wildman–Crippen MR) is 72.1 cm³/mol. The van der Waals surface area contributed by atoms with Gasteiger partial charge in [0.25, 0.3) is 0 Å². The topological polar surface area (TPSA) is 23.5 Å². The van der Waals surface area contributed by atoms with Gasteiger partial charge in [0.1, 0.15) is 0 Å². The average molecular weight is 239 g/mol. The van der Waals surface area contributed by atoms with Gasteiger partial charge in [0.05, 0.1) is 0 Å². The third-order valence-corrected chi connectivity index (χ3v) is 5.10. The van der Waals surface area contributed by atoms with Crippen LogP contribution in [-0.4, -0.2) is 35.2 Å². The number of hydrogen-bond donors (Lipinski definition) is 1. The van der Waals surface area contributed by atoms with Crippen molar-refractivity contribution in [3.05, 3.63) is 0 Å². The molecule has 0 atom stereocenters. The fraction of sp³-hybridized carbons (Fsp3) is 1.00. The smallest absolute Gasteiger partial charge is 0.0499 e. The van der Waals surface area contributed by atoms with E-state index in [0.717, 1.165) is 6.54 Å². The van der Waals surface area contributed by atoms with Gasteiger partial charge in [0.15, 0.2) is 0 Å². The van der Waals surface area contributed by atoms with Crippen LogP contribution in [-0.2, 0) is 0 Å². The number of aliphatic hydroxyl groups is 1. The second-order valence-electron chi connectivity index (χ2n) is 6.91. The highest BCUT2D eigenvalue weighted by atomic mass is 16.3. The lowest BCUT2D eigenvalue weighted by atomic mass is 9.80. The molecule has 0 amide bonds. The molecule has 2 nitrogen and oxygen atoms in total. The van der Waals surface area contributed by atoms with E-state index >= 15 is 0 Å². The van der Waals surface area contributed by atoms with Crippen LogP contribution < -0.4 is 0 Å². The summed E-state index contributed by atoms with van der Waals surface area (Å²) in [6.07, 6.45) is 10.5. The summed E-state index contributed by atoms with van der Waals surface area (Å²) < 4.78 is 0. The molecule has 2 fully saturated rings. The van der Waals surface area contributed by atoms with E-state index in [-0.39, 0.29) is 5.41 Å². The first-order chi connectivity index (χ1) is 8.08. The summed E-state index contributed by atoms with van der Waals surface area (Å²) in [5.74, 6) is 0. The van der Waals surface area contributed by atoms with Gasteiger partial charge >= 0.3 is 0 Å². The molecule has 1 saturated heterocycles. The predicted octanol–water partition coefficient (Wildman–Crippen LogP) is 3.19. The van der Waals surface area contributed by atoms with Crippen molar-refractivity contribution in [3.8, 4) is 0 Å². The van der Waals surface area contributed by atoms with E-state index in [0.29, 0.717) is 12.1 Å². The molecule has 2 rings (SSSR count). The summed E-state index contributed by atoms with van der Waals surface area (Å²) in [4.78, 5) is 2.63. The zero-order valence-electron chi connectivity index (χ0n) is 11.7. The van der Waals surface area contributed by atoms with Crippen molar-refractivity contribution in [2.75, 3.05) is 19.7 Å². The molecule has 2 aliphatic rings. The first kappa shape index (κ1) is 13.4. The molecule has 0 radical (unpaired) electrons. The molecule has 0 aromatic rings. The quantitative estimate of drug-likeness (QED) is 0.765. The minimum Gasteiger partial charge on any atom is -0.396 e. The molecule has 1 N–H and O–H groups in total. The monoisotopic (exact) mass is 239 g/mol. The maximum absolute atomic E-state index is 9.87. The molecule has 1 saturated carbocycles. The Hall–Kier alpha value is -0.0800. The van der Waals surface area contributed by atoms with Gasteiger partial charge in [0, 0.05) is 24.1 Å². The summed E-state index contributed by atoms with van der Waals surface area (Å²) in [5, 5.41) is 9.87. The van der Waals surface area contributed by atoms with E-state index in [1.165, 1.54) is 57.9 Å². The van der Waals surface area contributed by atoms with Crippen LogP contribution in [0.15, 0.2) is 0 Å². The first-order valence-corrected chi connectivity index (χ1v) is 7.44. The highest BCUT2D eigenvalue weighted by Crippen LogP contribution is 2.39. The average Bonchev–Trinajstić information content (AvgIpc) is 2.54. The van der Waals surface area contributed by atoms with Crippen molar-refractivity contribution in [3.63, 3.8) is 0 Å². The Morgan fingerprint density at radius 2 is 1.59 bits per heavy atom. The van der Waals surface area contributed by atoms with Crippen LogP contribution in [0.4, 0.5) is 0 Å². The molecule has 2 heteroatoms. The molecule has 0 unspecified atom stereocenters. The zero-order valence-corrected chi connectivity index (χ0v) is 11.7. The van der Waals surface area contributed by atoms with Crippen LogP contribution in [0.2, 0.25) is 0 Å². The van der Waals surface area contributed by atoms with Crippen molar-refractivity contribution in [1.82, 2.24) is 4.90 Å². The highest BCUT2D eigenvalue weighted by molar-refractivity contribution is 4.93. The van der Waals surface area contributed by atoms with E-state index in [4.69, 9.17) is 0 Å². The molecule has 100 valence electrons. The van der Waals surface area contributed by atoms with Gasteiger partial charge in [-0.3, -0.25) is 4.90 Å². The lowest BCUT2D eigenvalue weighted by Crippen LogP contribution is -2.46. The molecule has 0 aromatic heterocycles. The van der Waals surface area contributed by atoms with Crippen LogP contribution in [0.3, 0.4) is 0 Å². The Morgan fingerprint density at radius 3 is 2.06 bits per heavy atom. The molecule has 0 aromatic carbocycles. The van der Waals surface area contributed by atoms with Crippen molar-refractivity contribution >= 4 is 0 Å². The maximum Gasteiger partial charge on any atom is 0.0499 e. The molecular weight excluding hydrogens is 210 g/mol. The van der Waals surface area contributed by atoms with Gasteiger partial charge < -0.3 is 5.11 Å². The standard InChI is InChI=1S/C15H29NO/c1-14(2)8-7-11-16(14)12-15(13-17)9-5-3-4-6-10-15/h17H,3-13H2,1-2H3. The largest absolute Gasteiger partial charge is 0.396 e. The zero-order chi connectivity index (χ0) is 12.4. The first-order valence-electron chi connectivity index (χ1n) is 7.44. The van der Waals surface area contributed by atoms with Crippen molar-refractivity contribution in [2.45, 2.75) is 70.8 Å². The third kappa shape index (κ3) is 3.03. The Labute approximate surface area is 106 Å². The lowest BCUT2D eigenvalue weighted by molar-refractivity contribution is 0.0353. The Balaban J connectivity index is 2.02. The van der Waals surface area contributed by atoms with Crippen LogP contribution in [0, 0.1) is 5.41 Å². The highest BCUT2D eigenvalue weighted by Gasteiger charge is 2.39. The van der Waals surface area contributed by atoms with Gasteiger partial charge in [-0.1, -0.05) is 25.7 Å². The van der Waals surface area contributed by atoms with Gasteiger partial charge in [-0.25, -0.2) is 0 Å². The number of likely N-dealkylation sites (tertiary alicyclic amines) is 1. The molecule has 1 heterocycles. The second-order valence-corrected chi connectivity index (χ2v) is 6.91. The van der Waals surface area contributed by atoms with Crippen LogP contribution in [0.5, 0.6) is 0 Å². The van der Waals surface area contributed by atoms with Crippen LogP contribution >= 0.6 is 0 Å². The van der Waals surface area contributed by atoms with E-state index in [1.807, 2.05) is 0 Å². The summed E-state index contributed by atoms with van der Waals surface area (Å²) in [5.41, 5.74) is 0.562. The summed E-state index contributed by atoms with van der Waals surface area (Å²) in [6, 6.07) is 0. The third-order valence-electron chi connectivity index (χ3n) is 5.10. The fourth-order valence-electron chi connectivity index (χ4n) is 3.71. The molecular formula is C15H29NO. The summed E-state index contributed by atoms with van der Waals surface area (Å²) >= 11 is 0. The van der Waals surface area contributed by atoms with Gasteiger partial charge in [-0.15, -0.1) is 0 Å². The van der Waals surface area contributed by atoms with E-state index in [2.05, 4.69) is 18.7 Å². The fourth-order valence-corrected chi connectivity index (χ4v) is 3.71. The van der Waals surface area contributed by atoms with Crippen molar-refractivity contribution < 1.29 is 5.11 Å². The summed E-state index contributed by atoms with van der Waals surface area (Å²) in [7, 11) is 0. The number of rotatable bonds is 3. The Kier molecular flexibility index (Phi) is 4.14. The van der Waals surface area contributed by atoms with E-state index in [1.54, 1.807) is 0 Å². The molecule has 0 bridgehead atoms. The number of aliphatic hydroxyl groups excluding tert-OH is 1. The minimum absolute atomic E-state index is 0.206. The Morgan fingerprint density at radius 1 is 0.941 bits per heavy atom. The van der Waals surface area contributed by atoms with Gasteiger partial charge in [-0.05, 0) is 46.1 Å². The van der Waals surface area contributed by atoms with Crippen LogP contribution in [0.25, 0.3) is 0 Å². The van der Waals surface area contributed by atoms with E-state index in [9.17, 15) is 5.11 Å².